The zero-order valence-corrected chi connectivity index (χ0v) is 10.9. The third-order valence-electron chi connectivity index (χ3n) is 4.16. The molecule has 2 rings (SSSR count). The maximum atomic E-state index is 11.7. The van der Waals surface area contributed by atoms with Crippen molar-refractivity contribution in [1.82, 2.24) is 0 Å². The molecule has 0 bridgehead atoms. The van der Waals surface area contributed by atoms with Crippen molar-refractivity contribution < 1.29 is 14.3 Å². The van der Waals surface area contributed by atoms with Crippen molar-refractivity contribution in [2.45, 2.75) is 56.6 Å². The minimum absolute atomic E-state index is 0.0700. The highest BCUT2D eigenvalue weighted by atomic mass is 35.5. The predicted octanol–water partition coefficient (Wildman–Crippen LogP) is 2.85. The number of ether oxygens (including phenoxy) is 2. The number of alkyl halides is 1. The van der Waals surface area contributed by atoms with Crippen molar-refractivity contribution in [2.75, 3.05) is 7.11 Å². The van der Waals surface area contributed by atoms with Gasteiger partial charge in [0.25, 0.3) is 5.06 Å². The first kappa shape index (κ1) is 12.2. The van der Waals surface area contributed by atoms with Crippen LogP contribution in [0.1, 0.15) is 46.0 Å². The Labute approximate surface area is 101 Å². The lowest BCUT2D eigenvalue weighted by Crippen LogP contribution is -2.41. The first-order chi connectivity index (χ1) is 7.40. The number of hydrogen-bond acceptors (Lipinski definition) is 3. The molecule has 16 heavy (non-hydrogen) atoms. The number of rotatable bonds is 1. The molecule has 1 saturated carbocycles. The highest BCUT2D eigenvalue weighted by molar-refractivity contribution is 6.36. The third-order valence-corrected chi connectivity index (χ3v) is 4.70. The molecule has 0 aromatic heterocycles. The average Bonchev–Trinajstić information content (AvgIpc) is 2.88. The topological polar surface area (TPSA) is 38.8 Å². The van der Waals surface area contributed by atoms with Crippen LogP contribution in [0.25, 0.3) is 0 Å². The van der Waals surface area contributed by atoms with Crippen molar-refractivity contribution in [2.24, 2.45) is 5.41 Å². The number of carbonyl (C=O) groups excluding carboxylic acids is 1. The quantitative estimate of drug-likeness (QED) is 0.406. The maximum Gasteiger partial charge on any atom is 0.357 e. The van der Waals surface area contributed by atoms with Crippen LogP contribution >= 0.6 is 11.6 Å². The van der Waals surface area contributed by atoms with Gasteiger partial charge in [0.1, 0.15) is 5.60 Å². The smallest absolute Gasteiger partial charge is 0.357 e. The van der Waals surface area contributed by atoms with Crippen molar-refractivity contribution in [3.05, 3.63) is 0 Å². The molecule has 1 heterocycles. The Morgan fingerprint density at radius 2 is 1.88 bits per heavy atom. The minimum atomic E-state index is -1.24. The zero-order valence-electron chi connectivity index (χ0n) is 10.1. The lowest BCUT2D eigenvalue weighted by molar-refractivity contribution is -0.143. The second-order valence-corrected chi connectivity index (χ2v) is 5.99. The molecule has 1 spiro atoms. The van der Waals surface area contributed by atoms with Crippen LogP contribution in [-0.4, -0.2) is 23.7 Å². The highest BCUT2D eigenvalue weighted by Crippen LogP contribution is 2.66. The van der Waals surface area contributed by atoms with E-state index in [9.17, 15) is 4.79 Å². The summed E-state index contributed by atoms with van der Waals surface area (Å²) in [5.41, 5.74) is -0.593. The van der Waals surface area contributed by atoms with Gasteiger partial charge in [-0.15, -0.1) is 0 Å². The summed E-state index contributed by atoms with van der Waals surface area (Å²) >= 11 is 6.29. The van der Waals surface area contributed by atoms with E-state index in [1.54, 1.807) is 0 Å². The molecule has 0 N–H and O–H groups in total. The number of methoxy groups -OCH3 is 1. The second kappa shape index (κ2) is 3.61. The van der Waals surface area contributed by atoms with Gasteiger partial charge in [-0.3, -0.25) is 0 Å². The van der Waals surface area contributed by atoms with Gasteiger partial charge in [-0.2, -0.15) is 0 Å². The summed E-state index contributed by atoms with van der Waals surface area (Å²) < 4.78 is 10.4. The van der Waals surface area contributed by atoms with Gasteiger partial charge in [-0.05, 0) is 18.3 Å². The summed E-state index contributed by atoms with van der Waals surface area (Å²) in [6.07, 6.45) is 5.31. The van der Waals surface area contributed by atoms with E-state index >= 15 is 0 Å². The van der Waals surface area contributed by atoms with Gasteiger partial charge >= 0.3 is 5.97 Å². The van der Waals surface area contributed by atoms with Gasteiger partial charge in [0.05, 0.1) is 7.11 Å². The molecule has 2 fully saturated rings. The number of esters is 1. The Kier molecular flexibility index (Phi) is 2.75. The fourth-order valence-electron chi connectivity index (χ4n) is 3.00. The first-order valence-electron chi connectivity index (χ1n) is 5.87. The van der Waals surface area contributed by atoms with Gasteiger partial charge in [-0.25, -0.2) is 4.79 Å². The Hall–Kier alpha value is -0.280. The highest BCUT2D eigenvalue weighted by Gasteiger charge is 2.80. The van der Waals surface area contributed by atoms with Gasteiger partial charge in [0.15, 0.2) is 0 Å². The van der Waals surface area contributed by atoms with Gasteiger partial charge in [0.2, 0.25) is 0 Å². The molecule has 1 aliphatic heterocycles. The summed E-state index contributed by atoms with van der Waals surface area (Å²) in [6.45, 7) is 4.26. The fraction of sp³-hybridized carbons (Fsp3) is 0.917. The van der Waals surface area contributed by atoms with Crippen LogP contribution < -0.4 is 0 Å². The van der Waals surface area contributed by atoms with E-state index in [2.05, 4.69) is 13.8 Å². The molecular weight excluding hydrogens is 228 g/mol. The van der Waals surface area contributed by atoms with Crippen LogP contribution in [0, 0.1) is 5.41 Å². The summed E-state index contributed by atoms with van der Waals surface area (Å²) in [5.74, 6) is -0.454. The molecule has 0 aromatic rings. The van der Waals surface area contributed by atoms with E-state index in [-0.39, 0.29) is 5.41 Å². The predicted molar refractivity (Wildman–Crippen MR) is 61.3 cm³/mol. The van der Waals surface area contributed by atoms with E-state index in [0.717, 1.165) is 19.3 Å². The molecule has 1 saturated heterocycles. The Morgan fingerprint density at radius 3 is 2.50 bits per heavy atom. The number of carbonyl (C=O) groups is 1. The number of epoxide rings is 1. The SMILES string of the molecule is COC(=O)C1(Cl)OC12CCCCCC2(C)C. The molecule has 2 unspecified atom stereocenters. The van der Waals surface area contributed by atoms with E-state index in [0.29, 0.717) is 0 Å². The Morgan fingerprint density at radius 1 is 1.25 bits per heavy atom. The summed E-state index contributed by atoms with van der Waals surface area (Å²) in [4.78, 5) is 11.7. The van der Waals surface area contributed by atoms with Crippen LogP contribution in [0.3, 0.4) is 0 Å². The van der Waals surface area contributed by atoms with Crippen molar-refractivity contribution in [3.63, 3.8) is 0 Å². The molecule has 2 aliphatic rings. The second-order valence-electron chi connectivity index (χ2n) is 5.46. The third kappa shape index (κ3) is 1.41. The maximum absolute atomic E-state index is 11.7. The first-order valence-corrected chi connectivity index (χ1v) is 6.25. The molecule has 0 radical (unpaired) electrons. The molecule has 4 heteroatoms. The lowest BCUT2D eigenvalue weighted by Gasteiger charge is -2.31. The van der Waals surface area contributed by atoms with Gasteiger partial charge < -0.3 is 9.47 Å². The standard InChI is InChI=1S/C12H19ClO3/c1-10(2)7-5-4-6-8-11(10)12(13,16-11)9(14)15-3/h4-8H2,1-3H3. The van der Waals surface area contributed by atoms with Crippen molar-refractivity contribution >= 4 is 17.6 Å². The lowest BCUT2D eigenvalue weighted by atomic mass is 9.72. The normalized spacial score (nSPS) is 41.5. The van der Waals surface area contributed by atoms with Crippen LogP contribution in [0.5, 0.6) is 0 Å². The molecule has 92 valence electrons. The van der Waals surface area contributed by atoms with Crippen LogP contribution in [0.15, 0.2) is 0 Å². The van der Waals surface area contributed by atoms with Gasteiger partial charge in [-0.1, -0.05) is 44.7 Å². The van der Waals surface area contributed by atoms with E-state index in [1.165, 1.54) is 20.0 Å². The van der Waals surface area contributed by atoms with Gasteiger partial charge in [0, 0.05) is 0 Å². The van der Waals surface area contributed by atoms with E-state index in [4.69, 9.17) is 21.1 Å². The summed E-state index contributed by atoms with van der Waals surface area (Å²) in [6, 6.07) is 0. The van der Waals surface area contributed by atoms with Crippen LogP contribution in [0.2, 0.25) is 0 Å². The molecule has 1 aliphatic carbocycles. The molecule has 3 nitrogen and oxygen atoms in total. The molecule has 0 amide bonds. The minimum Gasteiger partial charge on any atom is -0.466 e. The number of hydrogen-bond donors (Lipinski definition) is 0. The fourth-order valence-corrected chi connectivity index (χ4v) is 3.55. The van der Waals surface area contributed by atoms with Crippen LogP contribution in [0.4, 0.5) is 0 Å². The van der Waals surface area contributed by atoms with Crippen molar-refractivity contribution in [3.8, 4) is 0 Å². The molecule has 0 aromatic carbocycles. The zero-order chi connectivity index (χ0) is 12.0. The summed E-state index contributed by atoms with van der Waals surface area (Å²) in [5, 5.41) is -1.24. The molecular formula is C12H19ClO3. The molecule has 2 atom stereocenters. The number of halogens is 1. The van der Waals surface area contributed by atoms with Crippen molar-refractivity contribution in [1.29, 1.82) is 0 Å². The van der Waals surface area contributed by atoms with E-state index in [1.807, 2.05) is 0 Å². The van der Waals surface area contributed by atoms with Crippen LogP contribution in [-0.2, 0) is 14.3 Å². The summed E-state index contributed by atoms with van der Waals surface area (Å²) in [7, 11) is 1.35. The largest absolute Gasteiger partial charge is 0.466 e. The average molecular weight is 247 g/mol. The monoisotopic (exact) mass is 246 g/mol. The Bertz CT molecular complexity index is 315. The Balaban J connectivity index is 2.29. The van der Waals surface area contributed by atoms with E-state index < -0.39 is 16.6 Å².